The van der Waals surface area contributed by atoms with Crippen LogP contribution in [-0.4, -0.2) is 24.0 Å². The Morgan fingerprint density at radius 2 is 1.84 bits per heavy atom. The van der Waals surface area contributed by atoms with Gasteiger partial charge in [-0.1, -0.05) is 24.3 Å². The third-order valence-electron chi connectivity index (χ3n) is 4.82. The molecule has 4 heteroatoms. The van der Waals surface area contributed by atoms with E-state index < -0.39 is 0 Å². The van der Waals surface area contributed by atoms with E-state index in [0.717, 1.165) is 24.2 Å². The summed E-state index contributed by atoms with van der Waals surface area (Å²) in [5.41, 5.74) is 3.27. The number of carbonyl (C=O) groups is 1. The molecule has 0 saturated heterocycles. The topological polar surface area (TPSA) is 51.0 Å². The summed E-state index contributed by atoms with van der Waals surface area (Å²) in [5.74, 6) is 0.868. The molecule has 0 atom stereocenters. The van der Waals surface area contributed by atoms with Crippen LogP contribution in [0.2, 0.25) is 0 Å². The molecule has 0 radical (unpaired) electrons. The van der Waals surface area contributed by atoms with E-state index in [2.05, 4.69) is 13.8 Å². The van der Waals surface area contributed by atoms with E-state index >= 15 is 0 Å². The number of quaternary nitrogens is 1. The number of hydrogen-bond acceptors (Lipinski definition) is 3. The van der Waals surface area contributed by atoms with E-state index in [-0.39, 0.29) is 11.5 Å². The molecule has 2 aromatic rings. The van der Waals surface area contributed by atoms with Crippen LogP contribution in [0.15, 0.2) is 42.2 Å². The number of nitrogens with one attached hydrogen (secondary N) is 1. The summed E-state index contributed by atoms with van der Waals surface area (Å²) in [7, 11) is 0. The van der Waals surface area contributed by atoms with E-state index in [1.165, 1.54) is 4.90 Å². The van der Waals surface area contributed by atoms with Crippen molar-refractivity contribution in [3.63, 3.8) is 0 Å². The maximum atomic E-state index is 12.7. The lowest BCUT2D eigenvalue weighted by Crippen LogP contribution is -3.10. The Bertz CT molecular complexity index is 835. The molecule has 0 aromatic heterocycles. The minimum atomic E-state index is -0.131. The van der Waals surface area contributed by atoms with Crippen LogP contribution in [0, 0.1) is 6.92 Å². The van der Waals surface area contributed by atoms with Gasteiger partial charge in [0.2, 0.25) is 5.78 Å². The number of ether oxygens (including phenoxy) is 1. The van der Waals surface area contributed by atoms with Gasteiger partial charge in [0.1, 0.15) is 12.3 Å². The zero-order valence-electron chi connectivity index (χ0n) is 14.9. The maximum Gasteiger partial charge on any atom is 0.231 e. The molecule has 4 nitrogen and oxygen atoms in total. The van der Waals surface area contributed by atoms with Gasteiger partial charge in [0.05, 0.1) is 24.2 Å². The van der Waals surface area contributed by atoms with Crippen molar-refractivity contribution in [3.8, 4) is 11.5 Å². The molecule has 0 spiro atoms. The second-order valence-electron chi connectivity index (χ2n) is 6.37. The fourth-order valence-corrected chi connectivity index (χ4v) is 3.11. The monoisotopic (exact) mass is 338 g/mol. The number of aryl methyl sites for hydroxylation is 1. The first kappa shape index (κ1) is 17.2. The number of fused-ring (bicyclic) bond motifs is 1. The van der Waals surface area contributed by atoms with E-state index in [9.17, 15) is 9.90 Å². The van der Waals surface area contributed by atoms with E-state index in [0.29, 0.717) is 29.2 Å². The molecule has 0 bridgehead atoms. The van der Waals surface area contributed by atoms with Crippen molar-refractivity contribution in [2.45, 2.75) is 27.3 Å². The molecular weight excluding hydrogens is 314 g/mol. The molecule has 1 aliphatic heterocycles. The molecule has 0 amide bonds. The minimum Gasteiger partial charge on any atom is -0.507 e. The van der Waals surface area contributed by atoms with Crippen LogP contribution >= 0.6 is 0 Å². The number of rotatable bonds is 5. The summed E-state index contributed by atoms with van der Waals surface area (Å²) in [6, 6.07) is 11.1. The lowest BCUT2D eigenvalue weighted by atomic mass is 10.0. The molecular formula is C21H24NO3+. The smallest absolute Gasteiger partial charge is 0.231 e. The highest BCUT2D eigenvalue weighted by atomic mass is 16.5. The van der Waals surface area contributed by atoms with Crippen LogP contribution in [0.1, 0.15) is 40.9 Å². The fourth-order valence-electron chi connectivity index (χ4n) is 3.11. The van der Waals surface area contributed by atoms with Crippen LogP contribution in [0.4, 0.5) is 0 Å². The highest BCUT2D eigenvalue weighted by Crippen LogP contribution is 2.39. The van der Waals surface area contributed by atoms with Crippen LogP contribution in [-0.2, 0) is 6.54 Å². The number of ketones is 1. The van der Waals surface area contributed by atoms with Gasteiger partial charge in [0.25, 0.3) is 0 Å². The van der Waals surface area contributed by atoms with Crippen LogP contribution in [0.3, 0.4) is 0 Å². The Morgan fingerprint density at radius 3 is 2.52 bits per heavy atom. The number of Topliss-reactive ketones (excluding diaryl/α,β-unsaturated/α-hetero) is 1. The molecule has 0 unspecified atom stereocenters. The van der Waals surface area contributed by atoms with Gasteiger partial charge in [-0.3, -0.25) is 4.79 Å². The number of aromatic hydroxyl groups is 1. The van der Waals surface area contributed by atoms with Crippen molar-refractivity contribution in [1.29, 1.82) is 0 Å². The standard InChI is InChI=1S/C21H23NO3/c1-4-22(5-2)13-17-18(23)11-10-16-20(24)19(25-21(16)17)12-15-9-7-6-8-14(15)3/h6-12,23H,4-5,13H2,1-3H3/p+1/b19-12-. The Morgan fingerprint density at radius 1 is 1.12 bits per heavy atom. The predicted molar refractivity (Wildman–Crippen MR) is 98.0 cm³/mol. The predicted octanol–water partition coefficient (Wildman–Crippen LogP) is 2.74. The molecule has 0 saturated carbocycles. The third-order valence-corrected chi connectivity index (χ3v) is 4.82. The molecule has 0 fully saturated rings. The van der Waals surface area contributed by atoms with E-state index in [4.69, 9.17) is 4.74 Å². The largest absolute Gasteiger partial charge is 0.507 e. The zero-order chi connectivity index (χ0) is 18.0. The molecule has 2 aromatic carbocycles. The van der Waals surface area contributed by atoms with Gasteiger partial charge in [0, 0.05) is 0 Å². The first-order valence-corrected chi connectivity index (χ1v) is 8.73. The summed E-state index contributed by atoms with van der Waals surface area (Å²) < 4.78 is 5.92. The number of carbonyl (C=O) groups excluding carboxylic acids is 1. The fraction of sp³-hybridized carbons (Fsp3) is 0.286. The maximum absolute atomic E-state index is 12.7. The van der Waals surface area contributed by atoms with Crippen molar-refractivity contribution in [2.24, 2.45) is 0 Å². The first-order chi connectivity index (χ1) is 12.0. The molecule has 25 heavy (non-hydrogen) atoms. The van der Waals surface area contributed by atoms with Gasteiger partial charge in [-0.25, -0.2) is 0 Å². The first-order valence-electron chi connectivity index (χ1n) is 8.73. The van der Waals surface area contributed by atoms with Gasteiger partial charge in [-0.15, -0.1) is 0 Å². The van der Waals surface area contributed by atoms with Gasteiger partial charge < -0.3 is 14.7 Å². The molecule has 3 rings (SSSR count). The third kappa shape index (κ3) is 3.30. The Balaban J connectivity index is 2.00. The normalized spacial score (nSPS) is 14.9. The van der Waals surface area contributed by atoms with E-state index in [1.54, 1.807) is 18.2 Å². The zero-order valence-corrected chi connectivity index (χ0v) is 14.9. The second-order valence-corrected chi connectivity index (χ2v) is 6.37. The van der Waals surface area contributed by atoms with Gasteiger partial charge in [-0.05, 0) is 50.1 Å². The number of benzene rings is 2. The Hall–Kier alpha value is -2.59. The highest BCUT2D eigenvalue weighted by molar-refractivity contribution is 6.15. The molecule has 130 valence electrons. The number of hydrogen-bond donors (Lipinski definition) is 2. The number of phenols is 1. The van der Waals surface area contributed by atoms with E-state index in [1.807, 2.05) is 31.2 Å². The van der Waals surface area contributed by atoms with Crippen LogP contribution in [0.5, 0.6) is 11.5 Å². The van der Waals surface area contributed by atoms with Gasteiger partial charge in [0.15, 0.2) is 11.5 Å². The molecule has 1 heterocycles. The average Bonchev–Trinajstić information content (AvgIpc) is 2.92. The van der Waals surface area contributed by atoms with Crippen molar-refractivity contribution < 1.29 is 19.5 Å². The number of phenolic OH excluding ortho intramolecular Hbond substituents is 1. The SMILES string of the molecule is CC[NH+](CC)Cc1c(O)ccc2c1O/C(=C\c1ccccc1C)C2=O. The van der Waals surface area contributed by atoms with Crippen molar-refractivity contribution in [3.05, 3.63) is 64.4 Å². The Labute approximate surface area is 148 Å². The van der Waals surface area contributed by atoms with Crippen LogP contribution in [0.25, 0.3) is 6.08 Å². The number of allylic oxidation sites excluding steroid dienone is 1. The molecule has 1 aliphatic rings. The minimum absolute atomic E-state index is 0.131. The summed E-state index contributed by atoms with van der Waals surface area (Å²) in [4.78, 5) is 14.0. The molecule has 0 aliphatic carbocycles. The van der Waals surface area contributed by atoms with Crippen molar-refractivity contribution >= 4 is 11.9 Å². The quantitative estimate of drug-likeness (QED) is 0.824. The lowest BCUT2D eigenvalue weighted by molar-refractivity contribution is -0.910. The average molecular weight is 338 g/mol. The summed E-state index contributed by atoms with van der Waals surface area (Å²) in [6.45, 7) is 8.73. The second kappa shape index (κ2) is 7.11. The highest BCUT2D eigenvalue weighted by Gasteiger charge is 2.32. The summed E-state index contributed by atoms with van der Waals surface area (Å²) in [6.07, 6.45) is 1.78. The van der Waals surface area contributed by atoms with Crippen molar-refractivity contribution in [2.75, 3.05) is 13.1 Å². The van der Waals surface area contributed by atoms with Crippen LogP contribution < -0.4 is 9.64 Å². The van der Waals surface area contributed by atoms with Gasteiger partial charge in [-0.2, -0.15) is 0 Å². The summed E-state index contributed by atoms with van der Waals surface area (Å²) >= 11 is 0. The summed E-state index contributed by atoms with van der Waals surface area (Å²) in [5, 5.41) is 10.3. The Kier molecular flexibility index (Phi) is 4.91. The van der Waals surface area contributed by atoms with Crippen molar-refractivity contribution in [1.82, 2.24) is 0 Å². The lowest BCUT2D eigenvalue weighted by Gasteiger charge is -2.17. The van der Waals surface area contributed by atoms with Gasteiger partial charge >= 0.3 is 0 Å². The molecule has 2 N–H and O–H groups in total.